The summed E-state index contributed by atoms with van der Waals surface area (Å²) in [5.41, 5.74) is 1.26. The van der Waals surface area contributed by atoms with Gasteiger partial charge >= 0.3 is 0 Å². The maximum Gasteiger partial charge on any atom is 0.270 e. The summed E-state index contributed by atoms with van der Waals surface area (Å²) in [6.45, 7) is 0.583. The van der Waals surface area contributed by atoms with Crippen LogP contribution in [0.4, 0.5) is 0 Å². The number of nitrogens with one attached hydrogen (secondary N) is 1. The summed E-state index contributed by atoms with van der Waals surface area (Å²) in [6, 6.07) is 6.53. The number of carbonyl (C=O) groups is 1. The number of H-pyrrole nitrogens is 1. The van der Waals surface area contributed by atoms with E-state index in [9.17, 15) is 9.59 Å². The average molecular weight is 257 g/mol. The lowest BCUT2D eigenvalue weighted by atomic mass is 10.2. The number of aromatic amines is 1. The van der Waals surface area contributed by atoms with Gasteiger partial charge in [-0.3, -0.25) is 14.6 Å². The van der Waals surface area contributed by atoms with Crippen molar-refractivity contribution in [2.45, 2.75) is 6.42 Å². The number of hydrogen-bond acceptors (Lipinski definition) is 3. The van der Waals surface area contributed by atoms with Crippen molar-refractivity contribution in [3.05, 3.63) is 64.3 Å². The Morgan fingerprint density at radius 2 is 2.05 bits per heavy atom. The van der Waals surface area contributed by atoms with E-state index in [2.05, 4.69) is 9.97 Å². The third kappa shape index (κ3) is 3.51. The van der Waals surface area contributed by atoms with Crippen molar-refractivity contribution in [2.24, 2.45) is 0 Å². The van der Waals surface area contributed by atoms with Crippen LogP contribution in [0, 0.1) is 0 Å². The lowest BCUT2D eigenvalue weighted by molar-refractivity contribution is 0.0790. The van der Waals surface area contributed by atoms with Gasteiger partial charge in [0.05, 0.1) is 0 Å². The largest absolute Gasteiger partial charge is 0.357 e. The number of nitrogens with zero attached hydrogens (tertiary/aromatic N) is 2. The smallest absolute Gasteiger partial charge is 0.270 e. The lowest BCUT2D eigenvalue weighted by Crippen LogP contribution is -2.30. The van der Waals surface area contributed by atoms with Crippen molar-refractivity contribution in [2.75, 3.05) is 13.6 Å². The SMILES string of the molecule is CN(CCc1ccncc1)C(=O)c1cc(=O)cc[nH]1. The van der Waals surface area contributed by atoms with Crippen LogP contribution in [0.15, 0.2) is 47.7 Å². The quantitative estimate of drug-likeness (QED) is 0.891. The molecule has 0 saturated heterocycles. The van der Waals surface area contributed by atoms with Gasteiger partial charge in [-0.05, 0) is 24.1 Å². The molecule has 0 atom stereocenters. The molecule has 0 radical (unpaired) electrons. The van der Waals surface area contributed by atoms with Gasteiger partial charge < -0.3 is 9.88 Å². The van der Waals surface area contributed by atoms with E-state index in [1.54, 1.807) is 24.3 Å². The molecular weight excluding hydrogens is 242 g/mol. The third-order valence-corrected chi connectivity index (χ3v) is 2.84. The minimum atomic E-state index is -0.188. The fraction of sp³-hybridized carbons (Fsp3) is 0.214. The highest BCUT2D eigenvalue weighted by Gasteiger charge is 2.12. The van der Waals surface area contributed by atoms with Crippen LogP contribution in [0.25, 0.3) is 0 Å². The van der Waals surface area contributed by atoms with E-state index in [0.29, 0.717) is 12.2 Å². The van der Waals surface area contributed by atoms with Crippen LogP contribution in [0.5, 0.6) is 0 Å². The Morgan fingerprint density at radius 1 is 1.32 bits per heavy atom. The zero-order chi connectivity index (χ0) is 13.7. The molecule has 98 valence electrons. The topological polar surface area (TPSA) is 66.1 Å². The summed E-state index contributed by atoms with van der Waals surface area (Å²) < 4.78 is 0. The molecule has 0 saturated carbocycles. The van der Waals surface area contributed by atoms with Crippen molar-refractivity contribution < 1.29 is 4.79 Å². The standard InChI is InChI=1S/C14H15N3O2/c1-17(9-5-11-2-6-15-7-3-11)14(19)13-10-12(18)4-8-16-13/h2-4,6-8,10H,5,9H2,1H3,(H,16,18). The molecule has 0 bridgehead atoms. The van der Waals surface area contributed by atoms with Crippen LogP contribution in [-0.4, -0.2) is 34.4 Å². The van der Waals surface area contributed by atoms with E-state index in [1.165, 1.54) is 18.3 Å². The molecular formula is C14H15N3O2. The molecule has 0 aliphatic carbocycles. The van der Waals surface area contributed by atoms with Crippen LogP contribution < -0.4 is 5.43 Å². The fourth-order valence-electron chi connectivity index (χ4n) is 1.72. The number of carbonyl (C=O) groups excluding carboxylic acids is 1. The lowest BCUT2D eigenvalue weighted by Gasteiger charge is -2.16. The third-order valence-electron chi connectivity index (χ3n) is 2.84. The van der Waals surface area contributed by atoms with Crippen molar-refractivity contribution in [1.29, 1.82) is 0 Å². The number of rotatable bonds is 4. The Balaban J connectivity index is 1.98. The number of pyridine rings is 2. The Hall–Kier alpha value is -2.43. The average Bonchev–Trinajstić information content (AvgIpc) is 2.45. The van der Waals surface area contributed by atoms with E-state index in [1.807, 2.05) is 12.1 Å². The summed E-state index contributed by atoms with van der Waals surface area (Å²) >= 11 is 0. The highest BCUT2D eigenvalue weighted by atomic mass is 16.2. The van der Waals surface area contributed by atoms with E-state index in [4.69, 9.17) is 0 Å². The summed E-state index contributed by atoms with van der Waals surface area (Å²) in [5, 5.41) is 0. The molecule has 1 N–H and O–H groups in total. The molecule has 0 aromatic carbocycles. The maximum absolute atomic E-state index is 12.1. The Kier molecular flexibility index (Phi) is 4.07. The predicted molar refractivity (Wildman–Crippen MR) is 72.0 cm³/mol. The van der Waals surface area contributed by atoms with Gasteiger partial charge in [0.1, 0.15) is 5.69 Å². The van der Waals surface area contributed by atoms with Crippen LogP contribution in [0.1, 0.15) is 16.1 Å². The first-order valence-corrected chi connectivity index (χ1v) is 6.00. The minimum absolute atomic E-state index is 0.176. The molecule has 2 heterocycles. The van der Waals surface area contributed by atoms with Gasteiger partial charge in [0.2, 0.25) is 0 Å². The van der Waals surface area contributed by atoms with Crippen LogP contribution >= 0.6 is 0 Å². The summed E-state index contributed by atoms with van der Waals surface area (Å²) in [7, 11) is 1.72. The van der Waals surface area contributed by atoms with E-state index < -0.39 is 0 Å². The maximum atomic E-state index is 12.1. The van der Waals surface area contributed by atoms with E-state index in [0.717, 1.165) is 12.0 Å². The Morgan fingerprint density at radius 3 is 2.74 bits per heavy atom. The van der Waals surface area contributed by atoms with Gasteiger partial charge in [0.15, 0.2) is 5.43 Å². The first-order chi connectivity index (χ1) is 9.16. The molecule has 5 nitrogen and oxygen atoms in total. The normalized spacial score (nSPS) is 10.2. The van der Waals surface area contributed by atoms with Crippen LogP contribution in [0.2, 0.25) is 0 Å². The molecule has 5 heteroatoms. The second-order valence-electron chi connectivity index (χ2n) is 4.27. The second-order valence-corrected chi connectivity index (χ2v) is 4.27. The van der Waals surface area contributed by atoms with Gasteiger partial charge in [0, 0.05) is 44.3 Å². The number of amides is 1. The molecule has 0 unspecified atom stereocenters. The van der Waals surface area contributed by atoms with Crippen molar-refractivity contribution in [1.82, 2.24) is 14.9 Å². The Labute approximate surface area is 110 Å². The second kappa shape index (κ2) is 5.95. The number of hydrogen-bond donors (Lipinski definition) is 1. The van der Waals surface area contributed by atoms with Crippen molar-refractivity contribution >= 4 is 5.91 Å². The summed E-state index contributed by atoms with van der Waals surface area (Å²) in [4.78, 5) is 31.6. The van der Waals surface area contributed by atoms with E-state index >= 15 is 0 Å². The highest BCUT2D eigenvalue weighted by molar-refractivity contribution is 5.92. The summed E-state index contributed by atoms with van der Waals surface area (Å²) in [6.07, 6.45) is 5.69. The molecule has 2 aromatic heterocycles. The molecule has 19 heavy (non-hydrogen) atoms. The molecule has 0 aliphatic rings. The van der Waals surface area contributed by atoms with Gasteiger partial charge in [-0.1, -0.05) is 0 Å². The molecule has 1 amide bonds. The van der Waals surface area contributed by atoms with Gasteiger partial charge in [-0.25, -0.2) is 0 Å². The fourth-order valence-corrected chi connectivity index (χ4v) is 1.72. The predicted octanol–water partition coefficient (Wildman–Crippen LogP) is 1.08. The molecule has 2 rings (SSSR count). The van der Waals surface area contributed by atoms with Gasteiger partial charge in [-0.15, -0.1) is 0 Å². The van der Waals surface area contributed by atoms with Crippen molar-refractivity contribution in [3.63, 3.8) is 0 Å². The minimum Gasteiger partial charge on any atom is -0.357 e. The monoisotopic (exact) mass is 257 g/mol. The molecule has 0 aliphatic heterocycles. The zero-order valence-corrected chi connectivity index (χ0v) is 10.7. The highest BCUT2D eigenvalue weighted by Crippen LogP contribution is 2.02. The Bertz CT molecular complexity index is 607. The van der Waals surface area contributed by atoms with E-state index in [-0.39, 0.29) is 11.3 Å². The molecule has 2 aromatic rings. The first kappa shape index (κ1) is 13.0. The number of likely N-dealkylation sites (N-methyl/N-ethyl adjacent to an activating group) is 1. The number of aromatic nitrogens is 2. The summed E-state index contributed by atoms with van der Waals surface area (Å²) in [5.74, 6) is -0.188. The van der Waals surface area contributed by atoms with Crippen LogP contribution in [0.3, 0.4) is 0 Å². The first-order valence-electron chi connectivity index (χ1n) is 6.00. The molecule has 0 fully saturated rings. The van der Waals surface area contributed by atoms with Gasteiger partial charge in [0.25, 0.3) is 5.91 Å². The molecule has 0 spiro atoms. The van der Waals surface area contributed by atoms with Crippen molar-refractivity contribution in [3.8, 4) is 0 Å². The van der Waals surface area contributed by atoms with Crippen LogP contribution in [-0.2, 0) is 6.42 Å². The van der Waals surface area contributed by atoms with Gasteiger partial charge in [-0.2, -0.15) is 0 Å². The zero-order valence-electron chi connectivity index (χ0n) is 10.7.